The lowest BCUT2D eigenvalue weighted by atomic mass is 10.4. The molecule has 0 aliphatic rings. The Morgan fingerprint density at radius 1 is 0.700 bits per heavy atom. The van der Waals surface area contributed by atoms with Crippen LogP contribution in [-0.2, 0) is 16.5 Å². The first-order chi connectivity index (χ1) is 13.3. The van der Waals surface area contributed by atoms with E-state index in [1.165, 1.54) is 6.42 Å². The van der Waals surface area contributed by atoms with Gasteiger partial charge in [0.1, 0.15) is 0 Å². The van der Waals surface area contributed by atoms with Crippen LogP contribution in [-0.4, -0.2) is 55.2 Å². The van der Waals surface area contributed by atoms with Crippen LogP contribution < -0.4 is 10.2 Å². The van der Waals surface area contributed by atoms with E-state index in [1.54, 1.807) is 0 Å². The fraction of sp³-hybridized carbons (Fsp3) is 0.895. The maximum Gasteiger partial charge on any atom is 0.315 e. The van der Waals surface area contributed by atoms with Crippen LogP contribution in [0, 0.1) is 13.3 Å². The van der Waals surface area contributed by atoms with Crippen LogP contribution in [0.15, 0.2) is 0 Å². The van der Waals surface area contributed by atoms with Crippen LogP contribution in [0.2, 0.25) is 71.5 Å². The number of hydrogen-bond donors (Lipinski definition) is 0. The first kappa shape index (κ1) is 35.4. The quantitative estimate of drug-likeness (QED) is 0.302. The molecular weight excluding hydrogens is 465 g/mol. The molecule has 6 nitrogen and oxygen atoms in total. The van der Waals surface area contributed by atoms with Gasteiger partial charge in [-0.3, -0.25) is 6.61 Å². The number of unbranched alkanes of at least 4 members (excludes halogenated alkanes) is 1. The summed E-state index contributed by atoms with van der Waals surface area (Å²) in [4.78, 5) is 0. The molecule has 0 aromatic carbocycles. The molecule has 186 valence electrons. The molecule has 0 heterocycles. The van der Waals surface area contributed by atoms with E-state index in [1.807, 2.05) is 19.6 Å². The van der Waals surface area contributed by atoms with Gasteiger partial charge in [0.2, 0.25) is 0 Å². The van der Waals surface area contributed by atoms with Crippen molar-refractivity contribution in [1.82, 2.24) is 0 Å². The Labute approximate surface area is 193 Å². The minimum absolute atomic E-state index is 0.250. The summed E-state index contributed by atoms with van der Waals surface area (Å²) in [5, 5.41) is 20.6. The van der Waals surface area contributed by atoms with Crippen molar-refractivity contribution >= 4 is 42.3 Å². The van der Waals surface area contributed by atoms with E-state index in [0.717, 1.165) is 6.04 Å². The Hall–Kier alpha value is 0.844. The molecule has 2 atom stereocenters. The summed E-state index contributed by atoms with van der Waals surface area (Å²) in [5.74, 6) is 0. The van der Waals surface area contributed by atoms with Gasteiger partial charge in [0.25, 0.3) is 8.56 Å². The summed E-state index contributed by atoms with van der Waals surface area (Å²) in [6.07, 6.45) is 3.02. The fourth-order valence-corrected chi connectivity index (χ4v) is 24.5. The summed E-state index contributed by atoms with van der Waals surface area (Å²) < 4.78 is 25.3. The summed E-state index contributed by atoms with van der Waals surface area (Å²) in [6.45, 7) is 29.8. The molecule has 0 aliphatic heterocycles. The maximum atomic E-state index is 11.8. The summed E-state index contributed by atoms with van der Waals surface area (Å²) in [5.41, 5.74) is 0. The Morgan fingerprint density at radius 2 is 1.00 bits per heavy atom. The van der Waals surface area contributed by atoms with Crippen molar-refractivity contribution in [1.29, 1.82) is 0 Å². The van der Waals surface area contributed by atoms with Gasteiger partial charge in [0.05, 0.1) is 0 Å². The first-order valence-electron chi connectivity index (χ1n) is 10.8. The largest absolute Gasteiger partial charge is 0.878 e. The maximum absolute atomic E-state index is 11.8. The van der Waals surface area contributed by atoms with E-state index in [0.29, 0.717) is 0 Å². The smallest absolute Gasteiger partial charge is 0.315 e. The van der Waals surface area contributed by atoms with Crippen molar-refractivity contribution in [3.63, 3.8) is 0 Å². The lowest BCUT2D eigenvalue weighted by Gasteiger charge is -2.44. The SMILES string of the molecule is CC[Si](C)(O[Si](C)(C)C)O[Si](C)(C)O[Si](C)(C[O-])O[Si](C)(C)C.C[CH-]CC.[CH2-]C[O-]. The first-order valence-corrected chi connectivity index (χ1v) is 25.5. The second-order valence-corrected chi connectivity index (χ2v) is 29.9. The standard InChI is InChI=1S/C13H37O5Si5.C4H9.C2H4O/c1-12-22(10,15-19(2,3)4)17-21(8,9)18-23(11,13-14)16-20(5,6)7;1-3-4-2;1-2-3/h12-13H2,1-11H3;3H,4H2,1-2H3;1-2H2/q2*-1;-2. The van der Waals surface area contributed by atoms with Crippen molar-refractivity contribution in [2.75, 3.05) is 12.8 Å². The van der Waals surface area contributed by atoms with E-state index in [2.05, 4.69) is 79.9 Å². The Bertz CT molecular complexity index is 393. The Balaban J connectivity index is -0.000000900. The van der Waals surface area contributed by atoms with Gasteiger partial charge in [-0.15, -0.1) is 0 Å². The van der Waals surface area contributed by atoms with Gasteiger partial charge < -0.3 is 40.0 Å². The molecule has 0 spiro atoms. The molecule has 0 saturated carbocycles. The molecule has 0 fully saturated rings. The molecule has 0 radical (unpaired) electrons. The lowest BCUT2D eigenvalue weighted by Crippen LogP contribution is -2.62. The molecule has 11 heteroatoms. The second-order valence-electron chi connectivity index (χ2n) is 9.82. The third kappa shape index (κ3) is 22.1. The summed E-state index contributed by atoms with van der Waals surface area (Å²) >= 11 is 0. The number of hydrogen-bond acceptors (Lipinski definition) is 6. The third-order valence-electron chi connectivity index (χ3n) is 3.28. The molecule has 0 saturated heterocycles. The van der Waals surface area contributed by atoms with Gasteiger partial charge in [-0.2, -0.15) is 13.3 Å². The highest BCUT2D eigenvalue weighted by atomic mass is 28.5. The highest BCUT2D eigenvalue weighted by molar-refractivity contribution is 6.90. The minimum atomic E-state index is -2.74. The molecule has 0 amide bonds. The molecule has 2 unspecified atom stereocenters. The normalized spacial score (nSPS) is 16.4. The topological polar surface area (TPSA) is 83.0 Å². The zero-order chi connectivity index (χ0) is 24.9. The van der Waals surface area contributed by atoms with Gasteiger partial charge in [-0.05, 0) is 71.5 Å². The average molecular weight is 515 g/mol. The van der Waals surface area contributed by atoms with Crippen LogP contribution >= 0.6 is 0 Å². The molecule has 0 aromatic heterocycles. The van der Waals surface area contributed by atoms with Gasteiger partial charge in [-0.25, -0.2) is 0 Å². The van der Waals surface area contributed by atoms with Crippen molar-refractivity contribution in [2.24, 2.45) is 0 Å². The molecular formula is C19H50O6Si5-4. The van der Waals surface area contributed by atoms with Gasteiger partial charge in [0.15, 0.2) is 16.6 Å². The summed E-state index contributed by atoms with van der Waals surface area (Å²) in [6, 6.07) is 0.877. The molecule has 0 aromatic rings. The zero-order valence-electron chi connectivity index (χ0n) is 22.1. The molecule has 0 aliphatic carbocycles. The predicted molar refractivity (Wildman–Crippen MR) is 138 cm³/mol. The van der Waals surface area contributed by atoms with Crippen molar-refractivity contribution in [3.05, 3.63) is 13.3 Å². The van der Waals surface area contributed by atoms with Crippen molar-refractivity contribution in [3.8, 4) is 0 Å². The fourth-order valence-electron chi connectivity index (χ4n) is 2.60. The lowest BCUT2D eigenvalue weighted by molar-refractivity contribution is -0.353. The van der Waals surface area contributed by atoms with E-state index in [4.69, 9.17) is 21.6 Å². The minimum Gasteiger partial charge on any atom is -0.878 e. The van der Waals surface area contributed by atoms with E-state index in [9.17, 15) is 5.11 Å². The summed E-state index contributed by atoms with van der Waals surface area (Å²) in [7, 11) is -11.1. The zero-order valence-corrected chi connectivity index (χ0v) is 27.1. The Morgan fingerprint density at radius 3 is 1.23 bits per heavy atom. The van der Waals surface area contributed by atoms with Gasteiger partial charge in [-0.1, -0.05) is 20.1 Å². The molecule has 0 N–H and O–H groups in total. The highest BCUT2D eigenvalue weighted by Gasteiger charge is 2.46. The third-order valence-corrected chi connectivity index (χ3v) is 20.8. The second kappa shape index (κ2) is 15.6. The Kier molecular flexibility index (Phi) is 18.5. The van der Waals surface area contributed by atoms with Gasteiger partial charge in [0, 0.05) is 0 Å². The highest BCUT2D eigenvalue weighted by Crippen LogP contribution is 2.27. The van der Waals surface area contributed by atoms with Crippen molar-refractivity contribution < 1.29 is 26.7 Å². The molecule has 30 heavy (non-hydrogen) atoms. The van der Waals surface area contributed by atoms with E-state index in [-0.39, 0.29) is 12.8 Å². The van der Waals surface area contributed by atoms with Crippen LogP contribution in [0.5, 0.6) is 0 Å². The van der Waals surface area contributed by atoms with E-state index < -0.39 is 42.3 Å². The van der Waals surface area contributed by atoms with E-state index >= 15 is 0 Å². The van der Waals surface area contributed by atoms with Crippen LogP contribution in [0.1, 0.15) is 27.2 Å². The van der Waals surface area contributed by atoms with Crippen LogP contribution in [0.4, 0.5) is 0 Å². The van der Waals surface area contributed by atoms with Gasteiger partial charge >= 0.3 is 17.1 Å². The van der Waals surface area contributed by atoms with Crippen molar-refractivity contribution in [2.45, 2.75) is 98.7 Å². The molecule has 0 bridgehead atoms. The predicted octanol–water partition coefficient (Wildman–Crippen LogP) is 4.29. The van der Waals surface area contributed by atoms with Crippen LogP contribution in [0.25, 0.3) is 0 Å². The van der Waals surface area contributed by atoms with Crippen LogP contribution in [0.3, 0.4) is 0 Å². The average Bonchev–Trinajstić information content (AvgIpc) is 2.51. The molecule has 0 rings (SSSR count). The number of rotatable bonds is 11. The monoisotopic (exact) mass is 514 g/mol.